The zero-order valence-corrected chi connectivity index (χ0v) is 23.2. The van der Waals surface area contributed by atoms with Crippen molar-refractivity contribution in [3.63, 3.8) is 0 Å². The van der Waals surface area contributed by atoms with Crippen LogP contribution in [0.15, 0.2) is 95.0 Å². The first-order chi connectivity index (χ1) is 18.6. The van der Waals surface area contributed by atoms with Gasteiger partial charge in [0, 0.05) is 29.8 Å². The monoisotopic (exact) mass is 546 g/mol. The Bertz CT molecular complexity index is 1480. The highest BCUT2D eigenvalue weighted by Gasteiger charge is 2.35. The molecule has 9 heteroatoms. The molecule has 0 spiro atoms. The molecule has 0 radical (unpaired) electrons. The lowest BCUT2D eigenvalue weighted by molar-refractivity contribution is -0.114. The quantitative estimate of drug-likeness (QED) is 0.353. The van der Waals surface area contributed by atoms with Crippen molar-refractivity contribution in [2.45, 2.75) is 44.6 Å². The average molecular weight is 547 g/mol. The van der Waals surface area contributed by atoms with Crippen molar-refractivity contribution >= 4 is 21.8 Å². The fraction of sp³-hybridized carbons (Fsp3) is 0.267. The molecule has 0 fully saturated rings. The van der Waals surface area contributed by atoms with Crippen LogP contribution in [0.2, 0.25) is 0 Å². The van der Waals surface area contributed by atoms with E-state index in [0.29, 0.717) is 23.1 Å². The molecule has 1 atom stereocenters. The van der Waals surface area contributed by atoms with E-state index in [1.807, 2.05) is 29.3 Å². The Morgan fingerprint density at radius 1 is 0.974 bits per heavy atom. The number of nitrogens with two attached hydrogens (primary N) is 1. The highest BCUT2D eigenvalue weighted by molar-refractivity contribution is 7.90. The molecule has 8 nitrogen and oxygen atoms in total. The second-order valence-corrected chi connectivity index (χ2v) is 11.5. The average Bonchev–Trinajstić information content (AvgIpc) is 3.28. The molecule has 3 aromatic carbocycles. The summed E-state index contributed by atoms with van der Waals surface area (Å²) in [4.78, 5) is 25.0. The van der Waals surface area contributed by atoms with Gasteiger partial charge in [-0.2, -0.15) is 0 Å². The van der Waals surface area contributed by atoms with E-state index in [2.05, 4.69) is 30.9 Å². The number of allylic oxidation sites excluding steroid dienone is 1. The third-order valence-electron chi connectivity index (χ3n) is 6.70. The Labute approximate surface area is 229 Å². The molecular weight excluding hydrogens is 512 g/mol. The Morgan fingerprint density at radius 3 is 2.23 bits per heavy atom. The first-order valence-electron chi connectivity index (χ1n) is 13.0. The van der Waals surface area contributed by atoms with E-state index in [0.717, 1.165) is 24.2 Å². The van der Waals surface area contributed by atoms with Gasteiger partial charge >= 0.3 is 0 Å². The van der Waals surface area contributed by atoms with Crippen LogP contribution in [0.25, 0.3) is 11.1 Å². The lowest BCUT2D eigenvalue weighted by Crippen LogP contribution is -2.41. The van der Waals surface area contributed by atoms with Gasteiger partial charge in [-0.15, -0.1) is 0 Å². The Balaban J connectivity index is 1.62. The van der Waals surface area contributed by atoms with Crippen LogP contribution in [0.4, 0.5) is 0 Å². The number of benzene rings is 3. The van der Waals surface area contributed by atoms with Crippen LogP contribution >= 0.6 is 0 Å². The van der Waals surface area contributed by atoms with E-state index in [1.54, 1.807) is 48.5 Å². The summed E-state index contributed by atoms with van der Waals surface area (Å²) in [5.41, 5.74) is 13.1. The minimum Gasteiger partial charge on any atom is -0.366 e. The van der Waals surface area contributed by atoms with Crippen LogP contribution in [-0.2, 0) is 21.2 Å². The van der Waals surface area contributed by atoms with Gasteiger partial charge in [-0.1, -0.05) is 81.4 Å². The van der Waals surface area contributed by atoms with Crippen molar-refractivity contribution < 1.29 is 18.0 Å². The van der Waals surface area contributed by atoms with E-state index >= 15 is 0 Å². The van der Waals surface area contributed by atoms with Crippen LogP contribution in [-0.4, -0.2) is 37.8 Å². The maximum Gasteiger partial charge on any atom is 0.264 e. The summed E-state index contributed by atoms with van der Waals surface area (Å²) in [6.07, 6.45) is 1.40. The predicted molar refractivity (Wildman–Crippen MR) is 152 cm³/mol. The fourth-order valence-electron chi connectivity index (χ4n) is 4.79. The molecule has 0 aromatic heterocycles. The van der Waals surface area contributed by atoms with Crippen LogP contribution in [0.3, 0.4) is 0 Å². The van der Waals surface area contributed by atoms with Crippen molar-refractivity contribution in [1.82, 2.24) is 15.2 Å². The first-order valence-corrected chi connectivity index (χ1v) is 14.5. The number of sulfonamides is 1. The summed E-state index contributed by atoms with van der Waals surface area (Å²) in [5.74, 6) is -0.934. The van der Waals surface area contributed by atoms with Crippen molar-refractivity contribution in [1.29, 1.82) is 0 Å². The molecule has 4 rings (SSSR count). The van der Waals surface area contributed by atoms with Crippen molar-refractivity contribution in [2.24, 2.45) is 11.7 Å². The molecule has 1 aliphatic rings. The van der Waals surface area contributed by atoms with Gasteiger partial charge in [-0.25, -0.2) is 18.6 Å². The molecule has 2 amide bonds. The van der Waals surface area contributed by atoms with Gasteiger partial charge < -0.3 is 10.7 Å². The van der Waals surface area contributed by atoms with Crippen LogP contribution in [0, 0.1) is 5.92 Å². The summed E-state index contributed by atoms with van der Waals surface area (Å²) < 4.78 is 28.6. The van der Waals surface area contributed by atoms with Gasteiger partial charge in [-0.3, -0.25) is 9.59 Å². The minimum atomic E-state index is -4.13. The standard InChI is InChI=1S/C30H34N4O4S/c1-4-18-34-25(27(29(31)35)28(32-34)20(2)3)19-21-14-16-22(17-15-21)24-12-8-9-13-26(24)39(37,38)33-30(36)23-10-6-5-7-11-23/h5-17,20,28,32H,4,18-19H2,1-3H3,(H2,31,35)(H,33,36). The Hall–Kier alpha value is -3.95. The van der Waals surface area contributed by atoms with Gasteiger partial charge in [0.1, 0.15) is 0 Å². The van der Waals surface area contributed by atoms with Crippen molar-refractivity contribution in [3.05, 3.63) is 101 Å². The largest absolute Gasteiger partial charge is 0.366 e. The maximum absolute atomic E-state index is 13.2. The zero-order chi connectivity index (χ0) is 28.2. The third-order valence-corrected chi connectivity index (χ3v) is 8.09. The number of nitrogens with zero attached hydrogens (tertiary/aromatic N) is 1. The topological polar surface area (TPSA) is 122 Å². The first kappa shape index (κ1) is 28.1. The van der Waals surface area contributed by atoms with Gasteiger partial charge in [0.25, 0.3) is 15.9 Å². The predicted octanol–water partition coefficient (Wildman–Crippen LogP) is 4.01. The van der Waals surface area contributed by atoms with Crippen molar-refractivity contribution in [3.8, 4) is 11.1 Å². The summed E-state index contributed by atoms with van der Waals surface area (Å²) in [5, 5.41) is 2.02. The van der Waals surface area contributed by atoms with E-state index < -0.39 is 21.8 Å². The normalized spacial score (nSPS) is 15.6. The summed E-state index contributed by atoms with van der Waals surface area (Å²) in [6, 6.07) is 22.2. The second-order valence-electron chi connectivity index (χ2n) is 9.90. The number of carbonyl (C=O) groups excluding carboxylic acids is 2. The molecule has 0 bridgehead atoms. The SMILES string of the molecule is CCCN1NC(C(C)C)C(C(N)=O)=C1Cc1ccc(-c2ccccc2S(=O)(=O)NC(=O)c2ccccc2)cc1. The molecule has 4 N–H and O–H groups in total. The maximum atomic E-state index is 13.2. The lowest BCUT2D eigenvalue weighted by Gasteiger charge is -2.24. The number of carbonyl (C=O) groups is 2. The van der Waals surface area contributed by atoms with E-state index in [9.17, 15) is 18.0 Å². The van der Waals surface area contributed by atoms with E-state index in [1.165, 1.54) is 6.07 Å². The smallest absolute Gasteiger partial charge is 0.264 e. The number of hydrazine groups is 1. The molecule has 39 heavy (non-hydrogen) atoms. The third kappa shape index (κ3) is 6.21. The van der Waals surface area contributed by atoms with Crippen LogP contribution in [0.1, 0.15) is 43.1 Å². The zero-order valence-electron chi connectivity index (χ0n) is 22.3. The van der Waals surface area contributed by atoms with Gasteiger partial charge in [0.15, 0.2) is 0 Å². The summed E-state index contributed by atoms with van der Waals surface area (Å²) in [6.45, 7) is 6.92. The molecule has 0 aliphatic carbocycles. The highest BCUT2D eigenvalue weighted by atomic mass is 32.2. The number of amides is 2. The van der Waals surface area contributed by atoms with Crippen LogP contribution < -0.4 is 15.9 Å². The molecule has 1 aliphatic heterocycles. The van der Waals surface area contributed by atoms with Gasteiger partial charge in [0.05, 0.1) is 16.5 Å². The summed E-state index contributed by atoms with van der Waals surface area (Å²) in [7, 11) is -4.13. The van der Waals surface area contributed by atoms with E-state index in [-0.39, 0.29) is 22.4 Å². The molecule has 204 valence electrons. The fourth-order valence-corrected chi connectivity index (χ4v) is 5.99. The van der Waals surface area contributed by atoms with E-state index in [4.69, 9.17) is 5.73 Å². The number of hydrogen-bond donors (Lipinski definition) is 3. The van der Waals surface area contributed by atoms with Crippen LogP contribution in [0.5, 0.6) is 0 Å². The lowest BCUT2D eigenvalue weighted by atomic mass is 9.93. The number of primary amides is 1. The Morgan fingerprint density at radius 2 is 1.62 bits per heavy atom. The number of rotatable bonds is 10. The Kier molecular flexibility index (Phi) is 8.52. The highest BCUT2D eigenvalue weighted by Crippen LogP contribution is 2.31. The molecule has 0 saturated heterocycles. The summed E-state index contributed by atoms with van der Waals surface area (Å²) >= 11 is 0. The van der Waals surface area contributed by atoms with Gasteiger partial charge in [-0.05, 0) is 41.7 Å². The molecule has 1 heterocycles. The number of hydrogen-bond acceptors (Lipinski definition) is 6. The molecule has 0 saturated carbocycles. The second kappa shape index (κ2) is 11.8. The molecule has 3 aromatic rings. The minimum absolute atomic E-state index is 0.00893. The number of nitrogens with one attached hydrogen (secondary N) is 2. The molecule has 1 unspecified atom stereocenters. The molecular formula is C30H34N4O4S. The van der Waals surface area contributed by atoms with Crippen molar-refractivity contribution in [2.75, 3.05) is 6.54 Å². The van der Waals surface area contributed by atoms with Gasteiger partial charge in [0.2, 0.25) is 5.91 Å².